The van der Waals surface area contributed by atoms with Crippen LogP contribution in [0.25, 0.3) is 16.6 Å². The van der Waals surface area contributed by atoms with Gasteiger partial charge in [-0.15, -0.1) is 0 Å². The summed E-state index contributed by atoms with van der Waals surface area (Å²) in [6, 6.07) is 7.82. The normalized spacial score (nSPS) is 13.8. The quantitative estimate of drug-likeness (QED) is 0.754. The van der Waals surface area contributed by atoms with Gasteiger partial charge in [-0.1, -0.05) is 12.1 Å². The third-order valence-corrected chi connectivity index (χ3v) is 3.36. The molecule has 0 saturated carbocycles. The lowest BCUT2D eigenvalue weighted by Gasteiger charge is -2.11. The second-order valence-electron chi connectivity index (χ2n) is 5.05. The highest BCUT2D eigenvalue weighted by atomic mass is 16.5. The Bertz CT molecular complexity index is 786. The Kier molecular flexibility index (Phi) is 5.60. The zero-order valence-corrected chi connectivity index (χ0v) is 13.2. The Morgan fingerprint density at radius 1 is 1.17 bits per heavy atom. The lowest BCUT2D eigenvalue weighted by molar-refractivity contribution is 0.0992. The Hall–Kier alpha value is -2.64. The number of fused-ring (bicyclic) bond motifs is 1. The average molecular weight is 325 g/mol. The van der Waals surface area contributed by atoms with Crippen LogP contribution >= 0.6 is 0 Å². The largest absolute Gasteiger partial charge is 0.394 e. The highest BCUT2D eigenvalue weighted by Gasteiger charge is 2.10. The molecule has 0 amide bonds. The molecule has 0 saturated heterocycles. The molecule has 0 radical (unpaired) electrons. The van der Waals surface area contributed by atoms with Crippen molar-refractivity contribution in [2.45, 2.75) is 0 Å². The Balaban J connectivity index is 1.88. The summed E-state index contributed by atoms with van der Waals surface area (Å²) < 4.78 is 5.27. The number of rotatable bonds is 7. The van der Waals surface area contributed by atoms with Gasteiger partial charge in [-0.05, 0) is 18.2 Å². The van der Waals surface area contributed by atoms with Gasteiger partial charge < -0.3 is 15.2 Å². The number of para-hydroxylation sites is 1. The van der Waals surface area contributed by atoms with Crippen LogP contribution < -0.4 is 5.32 Å². The van der Waals surface area contributed by atoms with E-state index in [9.17, 15) is 0 Å². The third-order valence-electron chi connectivity index (χ3n) is 3.36. The van der Waals surface area contributed by atoms with Crippen LogP contribution in [0.5, 0.6) is 0 Å². The van der Waals surface area contributed by atoms with Gasteiger partial charge >= 0.3 is 0 Å². The summed E-state index contributed by atoms with van der Waals surface area (Å²) in [7, 11) is 0. The highest BCUT2D eigenvalue weighted by Crippen LogP contribution is 2.23. The first-order valence-corrected chi connectivity index (χ1v) is 7.81. The molecule has 2 N–H and O–H groups in total. The van der Waals surface area contributed by atoms with Crippen LogP contribution in [0, 0.1) is 0 Å². The number of aliphatic imine (C=N–C) groups is 2. The summed E-state index contributed by atoms with van der Waals surface area (Å²) in [5, 5.41) is 12.9. The predicted molar refractivity (Wildman–Crippen MR) is 95.8 cm³/mol. The van der Waals surface area contributed by atoms with Crippen molar-refractivity contribution < 1.29 is 9.84 Å². The van der Waals surface area contributed by atoms with Crippen molar-refractivity contribution in [3.05, 3.63) is 36.2 Å². The van der Waals surface area contributed by atoms with E-state index in [1.54, 1.807) is 12.4 Å². The van der Waals surface area contributed by atoms with Crippen molar-refractivity contribution in [3.8, 4) is 0 Å². The van der Waals surface area contributed by atoms with Gasteiger partial charge in [0.15, 0.2) is 5.82 Å². The number of hydrogen-bond donors (Lipinski definition) is 2. The Labute approximate surface area is 139 Å². The van der Waals surface area contributed by atoms with E-state index in [2.05, 4.69) is 25.3 Å². The van der Waals surface area contributed by atoms with Gasteiger partial charge in [0.1, 0.15) is 11.5 Å². The lowest BCUT2D eigenvalue weighted by atomic mass is 10.2. The summed E-state index contributed by atoms with van der Waals surface area (Å²) in [4.78, 5) is 17.7. The molecule has 7 heteroatoms. The average Bonchev–Trinajstić information content (AvgIpc) is 2.90. The molecule has 124 valence electrons. The van der Waals surface area contributed by atoms with Crippen LogP contribution in [-0.2, 0) is 4.74 Å². The molecule has 0 aliphatic carbocycles. The molecule has 0 spiro atoms. The first-order chi connectivity index (χ1) is 11.9. The number of ether oxygens (including phenoxy) is 1. The summed E-state index contributed by atoms with van der Waals surface area (Å²) >= 11 is 0. The second-order valence-corrected chi connectivity index (χ2v) is 5.05. The molecule has 2 heterocycles. The van der Waals surface area contributed by atoms with E-state index in [-0.39, 0.29) is 6.61 Å². The number of hydrogen-bond acceptors (Lipinski definition) is 7. The van der Waals surface area contributed by atoms with Crippen molar-refractivity contribution in [2.75, 3.05) is 38.2 Å². The fourth-order valence-corrected chi connectivity index (χ4v) is 2.28. The van der Waals surface area contributed by atoms with Crippen molar-refractivity contribution in [1.29, 1.82) is 0 Å². The molecule has 1 aromatic carbocycles. The molecule has 1 aliphatic heterocycles. The number of nitrogens with one attached hydrogen (secondary N) is 1. The summed E-state index contributed by atoms with van der Waals surface area (Å²) in [5.74, 6) is 1.29. The van der Waals surface area contributed by atoms with Crippen LogP contribution in [0.2, 0.25) is 0 Å². The number of aliphatic hydroxyl groups excluding tert-OH is 1. The van der Waals surface area contributed by atoms with Gasteiger partial charge in [0.2, 0.25) is 0 Å². The van der Waals surface area contributed by atoms with Crippen LogP contribution in [0.3, 0.4) is 0 Å². The maximum atomic E-state index is 8.73. The van der Waals surface area contributed by atoms with Crippen LogP contribution in [0.15, 0.2) is 40.3 Å². The number of benzene rings is 1. The second kappa shape index (κ2) is 8.28. The SMILES string of the molecule is OCCOCCNc1nc(C2=CC=NCC=N2)nc2ccccc12. The van der Waals surface area contributed by atoms with E-state index in [1.807, 2.05) is 30.3 Å². The minimum atomic E-state index is 0.0221. The van der Waals surface area contributed by atoms with E-state index in [1.165, 1.54) is 0 Å². The topological polar surface area (TPSA) is 92.0 Å². The standard InChI is InChI=1S/C17H19N5O2/c23-10-12-24-11-9-20-16-13-3-1-2-4-14(13)21-17(22-16)15-5-6-18-7-8-19-15/h1-6,8,23H,7,9-12H2,(H,20,21,22). The van der Waals surface area contributed by atoms with Gasteiger partial charge in [0.25, 0.3) is 0 Å². The first kappa shape index (κ1) is 16.2. The molecule has 0 unspecified atom stereocenters. The highest BCUT2D eigenvalue weighted by molar-refractivity contribution is 5.92. The van der Waals surface area contributed by atoms with E-state index in [4.69, 9.17) is 9.84 Å². The molecule has 24 heavy (non-hydrogen) atoms. The molecule has 3 rings (SSSR count). The molecule has 1 aromatic heterocycles. The third kappa shape index (κ3) is 4.01. The van der Waals surface area contributed by atoms with Crippen LogP contribution in [0.4, 0.5) is 5.82 Å². The van der Waals surface area contributed by atoms with E-state index in [0.717, 1.165) is 16.7 Å². The van der Waals surface area contributed by atoms with Gasteiger partial charge in [0.05, 0.1) is 31.9 Å². The van der Waals surface area contributed by atoms with E-state index < -0.39 is 0 Å². The minimum absolute atomic E-state index is 0.0221. The molecule has 0 fully saturated rings. The molecular weight excluding hydrogens is 306 g/mol. The molecule has 0 atom stereocenters. The van der Waals surface area contributed by atoms with Crippen molar-refractivity contribution in [3.63, 3.8) is 0 Å². The molecule has 0 bridgehead atoms. The van der Waals surface area contributed by atoms with Gasteiger partial charge in [-0.2, -0.15) is 0 Å². The van der Waals surface area contributed by atoms with Crippen LogP contribution in [0.1, 0.15) is 5.82 Å². The summed E-state index contributed by atoms with van der Waals surface area (Å²) in [5.41, 5.74) is 1.53. The zero-order chi connectivity index (χ0) is 16.6. The number of nitrogens with zero attached hydrogens (tertiary/aromatic N) is 4. The zero-order valence-electron chi connectivity index (χ0n) is 13.2. The number of aromatic nitrogens is 2. The monoisotopic (exact) mass is 325 g/mol. The Morgan fingerprint density at radius 3 is 3.00 bits per heavy atom. The van der Waals surface area contributed by atoms with Gasteiger partial charge in [0, 0.05) is 24.4 Å². The van der Waals surface area contributed by atoms with Crippen molar-refractivity contribution in [2.24, 2.45) is 9.98 Å². The van der Waals surface area contributed by atoms with E-state index in [0.29, 0.717) is 37.8 Å². The Morgan fingerprint density at radius 2 is 2.08 bits per heavy atom. The molecule has 2 aromatic rings. The first-order valence-electron chi connectivity index (χ1n) is 7.81. The number of aliphatic hydroxyl groups is 1. The van der Waals surface area contributed by atoms with Crippen LogP contribution in [-0.4, -0.2) is 60.4 Å². The molecular formula is C17H19N5O2. The predicted octanol–water partition coefficient (Wildman–Crippen LogP) is 1.55. The minimum Gasteiger partial charge on any atom is -0.394 e. The summed E-state index contributed by atoms with van der Waals surface area (Å²) in [6.45, 7) is 1.99. The molecule has 7 nitrogen and oxygen atoms in total. The molecule has 1 aliphatic rings. The maximum absolute atomic E-state index is 8.73. The lowest BCUT2D eigenvalue weighted by Crippen LogP contribution is -2.13. The van der Waals surface area contributed by atoms with E-state index >= 15 is 0 Å². The fourth-order valence-electron chi connectivity index (χ4n) is 2.28. The van der Waals surface area contributed by atoms with Gasteiger partial charge in [-0.3, -0.25) is 9.98 Å². The smallest absolute Gasteiger partial charge is 0.180 e. The van der Waals surface area contributed by atoms with Crippen molar-refractivity contribution in [1.82, 2.24) is 9.97 Å². The van der Waals surface area contributed by atoms with Gasteiger partial charge in [-0.25, -0.2) is 9.97 Å². The van der Waals surface area contributed by atoms with Crippen molar-refractivity contribution >= 4 is 34.8 Å². The number of allylic oxidation sites excluding steroid dienone is 1. The summed E-state index contributed by atoms with van der Waals surface area (Å²) in [6.07, 6.45) is 5.27. The fraction of sp³-hybridized carbons (Fsp3) is 0.294. The maximum Gasteiger partial charge on any atom is 0.180 e. The number of anilines is 1.